The van der Waals surface area contributed by atoms with Crippen LogP contribution in [0.1, 0.15) is 50.2 Å². The molecule has 0 bridgehead atoms. The van der Waals surface area contributed by atoms with Crippen LogP contribution >= 0.6 is 15.9 Å². The van der Waals surface area contributed by atoms with Crippen LogP contribution in [0.3, 0.4) is 0 Å². The van der Waals surface area contributed by atoms with E-state index in [1.165, 1.54) is 11.1 Å². The van der Waals surface area contributed by atoms with Crippen LogP contribution in [0, 0.1) is 6.92 Å². The summed E-state index contributed by atoms with van der Waals surface area (Å²) >= 11 is 3.50. The van der Waals surface area contributed by atoms with E-state index in [2.05, 4.69) is 54.9 Å². The zero-order chi connectivity index (χ0) is 13.7. The number of halogens is 1. The summed E-state index contributed by atoms with van der Waals surface area (Å²) in [5.74, 6) is 0.328. The Hall–Kier alpha value is -0.380. The first-order chi connectivity index (χ1) is 8.45. The third-order valence-electron chi connectivity index (χ3n) is 3.46. The van der Waals surface area contributed by atoms with Gasteiger partial charge in [0, 0.05) is 10.5 Å². The van der Waals surface area contributed by atoms with Crippen LogP contribution in [0.2, 0.25) is 0 Å². The molecule has 0 spiro atoms. The molecule has 102 valence electrons. The molecule has 1 rings (SSSR count). The van der Waals surface area contributed by atoms with Crippen LogP contribution < -0.4 is 5.73 Å². The number of aliphatic hydroxyl groups is 1. The van der Waals surface area contributed by atoms with E-state index in [0.29, 0.717) is 5.92 Å². The van der Waals surface area contributed by atoms with Gasteiger partial charge in [0.05, 0.1) is 6.10 Å². The number of aryl methyl sites for hydroxylation is 1. The van der Waals surface area contributed by atoms with Crippen LogP contribution in [0.25, 0.3) is 0 Å². The summed E-state index contributed by atoms with van der Waals surface area (Å²) in [5, 5.41) is 10.1. The lowest BCUT2D eigenvalue weighted by atomic mass is 9.90. The Morgan fingerprint density at radius 1 is 1.39 bits per heavy atom. The van der Waals surface area contributed by atoms with Crippen molar-refractivity contribution in [1.82, 2.24) is 0 Å². The third kappa shape index (κ3) is 4.38. The van der Waals surface area contributed by atoms with Crippen molar-refractivity contribution in [2.45, 2.75) is 58.1 Å². The molecule has 0 aliphatic rings. The molecular formula is C15H24BrNO. The van der Waals surface area contributed by atoms with Crippen molar-refractivity contribution in [1.29, 1.82) is 0 Å². The van der Waals surface area contributed by atoms with Crippen molar-refractivity contribution >= 4 is 15.9 Å². The van der Waals surface area contributed by atoms with Gasteiger partial charge < -0.3 is 10.8 Å². The Kier molecular flexibility index (Phi) is 6.33. The molecule has 0 radical (unpaired) electrons. The van der Waals surface area contributed by atoms with Crippen molar-refractivity contribution in [3.05, 3.63) is 33.8 Å². The second kappa shape index (κ2) is 7.27. The molecule has 0 saturated heterocycles. The largest absolute Gasteiger partial charge is 0.391 e. The lowest BCUT2D eigenvalue weighted by Crippen LogP contribution is -2.35. The average Bonchev–Trinajstić information content (AvgIpc) is 2.32. The fourth-order valence-electron chi connectivity index (χ4n) is 2.17. The van der Waals surface area contributed by atoms with Gasteiger partial charge >= 0.3 is 0 Å². The van der Waals surface area contributed by atoms with Crippen LogP contribution in [0.4, 0.5) is 0 Å². The minimum Gasteiger partial charge on any atom is -0.391 e. The highest BCUT2D eigenvalue weighted by Gasteiger charge is 2.18. The van der Waals surface area contributed by atoms with Gasteiger partial charge in [-0.1, -0.05) is 48.3 Å². The maximum atomic E-state index is 10.1. The van der Waals surface area contributed by atoms with Crippen LogP contribution in [-0.4, -0.2) is 17.3 Å². The van der Waals surface area contributed by atoms with Crippen molar-refractivity contribution < 1.29 is 5.11 Å². The summed E-state index contributed by atoms with van der Waals surface area (Å²) in [6, 6.07) is 6.25. The summed E-state index contributed by atoms with van der Waals surface area (Å²) < 4.78 is 1.13. The summed E-state index contributed by atoms with van der Waals surface area (Å²) in [5.41, 5.74) is 8.44. The van der Waals surface area contributed by atoms with E-state index in [1.807, 2.05) is 0 Å². The van der Waals surface area contributed by atoms with Gasteiger partial charge in [0.2, 0.25) is 0 Å². The molecule has 0 aliphatic carbocycles. The van der Waals surface area contributed by atoms with Crippen LogP contribution in [-0.2, 0) is 0 Å². The first-order valence-electron chi connectivity index (χ1n) is 6.65. The summed E-state index contributed by atoms with van der Waals surface area (Å²) in [4.78, 5) is 0. The van der Waals surface area contributed by atoms with Crippen LogP contribution in [0.15, 0.2) is 22.7 Å². The summed E-state index contributed by atoms with van der Waals surface area (Å²) in [6.45, 7) is 6.32. The molecule has 0 aliphatic heterocycles. The monoisotopic (exact) mass is 313 g/mol. The zero-order valence-electron chi connectivity index (χ0n) is 11.5. The maximum Gasteiger partial charge on any atom is 0.0696 e. The minimum atomic E-state index is -0.413. The van der Waals surface area contributed by atoms with E-state index in [9.17, 15) is 5.11 Å². The van der Waals surface area contributed by atoms with Gasteiger partial charge in [0.1, 0.15) is 0 Å². The second-order valence-corrected chi connectivity index (χ2v) is 6.02. The van der Waals surface area contributed by atoms with Gasteiger partial charge in [-0.3, -0.25) is 0 Å². The minimum absolute atomic E-state index is 0.103. The normalized spacial score (nSPS) is 16.3. The summed E-state index contributed by atoms with van der Waals surface area (Å²) in [6.07, 6.45) is 2.21. The molecule has 3 heteroatoms. The van der Waals surface area contributed by atoms with E-state index in [-0.39, 0.29) is 6.04 Å². The van der Waals surface area contributed by atoms with Crippen LogP contribution in [0.5, 0.6) is 0 Å². The predicted octanol–water partition coefficient (Wildman–Crippen LogP) is 3.74. The number of aliphatic hydroxyl groups excluding tert-OH is 1. The molecular weight excluding hydrogens is 290 g/mol. The number of hydrogen-bond donors (Lipinski definition) is 2. The van der Waals surface area contributed by atoms with Crippen molar-refractivity contribution in [3.63, 3.8) is 0 Å². The van der Waals surface area contributed by atoms with Crippen molar-refractivity contribution in [3.8, 4) is 0 Å². The van der Waals surface area contributed by atoms with E-state index < -0.39 is 6.10 Å². The molecule has 3 unspecified atom stereocenters. The lowest BCUT2D eigenvalue weighted by molar-refractivity contribution is 0.124. The maximum absolute atomic E-state index is 10.1. The van der Waals surface area contributed by atoms with Gasteiger partial charge in [-0.15, -0.1) is 0 Å². The molecule has 0 fully saturated rings. The molecule has 3 atom stereocenters. The van der Waals surface area contributed by atoms with Gasteiger partial charge in [0.25, 0.3) is 0 Å². The van der Waals surface area contributed by atoms with Gasteiger partial charge in [0.15, 0.2) is 0 Å². The van der Waals surface area contributed by atoms with Gasteiger partial charge in [-0.25, -0.2) is 0 Å². The molecule has 0 saturated carbocycles. The molecule has 2 nitrogen and oxygen atoms in total. The smallest absolute Gasteiger partial charge is 0.0696 e. The van der Waals surface area contributed by atoms with Crippen molar-refractivity contribution in [2.75, 3.05) is 0 Å². The summed E-state index contributed by atoms with van der Waals surface area (Å²) in [7, 11) is 0. The second-order valence-electron chi connectivity index (χ2n) is 5.17. The Morgan fingerprint density at radius 3 is 2.61 bits per heavy atom. The Labute approximate surface area is 119 Å². The third-order valence-corrected chi connectivity index (χ3v) is 4.35. The van der Waals surface area contributed by atoms with Crippen molar-refractivity contribution in [2.24, 2.45) is 5.73 Å². The highest BCUT2D eigenvalue weighted by Crippen LogP contribution is 2.26. The van der Waals surface area contributed by atoms with E-state index in [0.717, 1.165) is 23.7 Å². The lowest BCUT2D eigenvalue weighted by Gasteiger charge is -2.22. The Balaban J connectivity index is 2.64. The first kappa shape index (κ1) is 15.7. The average molecular weight is 314 g/mol. The fraction of sp³-hybridized carbons (Fsp3) is 0.600. The molecule has 0 amide bonds. The zero-order valence-corrected chi connectivity index (χ0v) is 13.1. The molecule has 0 aromatic heterocycles. The van der Waals surface area contributed by atoms with Gasteiger partial charge in [-0.05, 0) is 42.9 Å². The molecule has 1 aromatic carbocycles. The first-order valence-corrected chi connectivity index (χ1v) is 7.44. The van der Waals surface area contributed by atoms with E-state index in [1.54, 1.807) is 0 Å². The number of benzene rings is 1. The topological polar surface area (TPSA) is 46.2 Å². The number of rotatable bonds is 6. The molecule has 1 aromatic rings. The number of nitrogens with two attached hydrogens (primary N) is 1. The molecule has 0 heterocycles. The van der Waals surface area contributed by atoms with E-state index in [4.69, 9.17) is 5.73 Å². The Bertz CT molecular complexity index is 381. The molecule has 18 heavy (non-hydrogen) atoms. The van der Waals surface area contributed by atoms with Gasteiger partial charge in [-0.2, -0.15) is 0 Å². The predicted molar refractivity (Wildman–Crippen MR) is 80.8 cm³/mol. The highest BCUT2D eigenvalue weighted by atomic mass is 79.9. The SMILES string of the molecule is CCCC(N)C(O)CC(C)c1ccc(Br)c(C)c1. The highest BCUT2D eigenvalue weighted by molar-refractivity contribution is 9.10. The standard InChI is InChI=1S/C15H24BrNO/c1-4-5-14(17)15(18)9-10(2)12-6-7-13(16)11(3)8-12/h6-8,10,14-15,18H,4-5,9,17H2,1-3H3. The quantitative estimate of drug-likeness (QED) is 0.840. The fourth-order valence-corrected chi connectivity index (χ4v) is 2.42. The Morgan fingerprint density at radius 2 is 2.06 bits per heavy atom. The molecule has 3 N–H and O–H groups in total. The van der Waals surface area contributed by atoms with E-state index >= 15 is 0 Å². The number of hydrogen-bond acceptors (Lipinski definition) is 2.